The molecule has 1 aromatic rings. The van der Waals surface area contributed by atoms with Gasteiger partial charge in [0.2, 0.25) is 0 Å². The molecule has 1 unspecified atom stereocenters. The Kier molecular flexibility index (Phi) is 4.58. The van der Waals surface area contributed by atoms with E-state index in [4.69, 9.17) is 28.3 Å². The molecule has 0 aliphatic rings. The molecule has 1 N–H and O–H groups in total. The second-order valence-corrected chi connectivity index (χ2v) is 6.87. The third kappa shape index (κ3) is 3.44. The van der Waals surface area contributed by atoms with Gasteiger partial charge in [0.25, 0.3) is 0 Å². The molecule has 0 saturated carbocycles. The van der Waals surface area contributed by atoms with Crippen LogP contribution in [0.4, 0.5) is 0 Å². The fraction of sp³-hybridized carbons (Fsp3) is 0.364. The largest absolute Gasteiger partial charge is 0.480 e. The van der Waals surface area contributed by atoms with Crippen LogP contribution in [0.15, 0.2) is 18.2 Å². The molecule has 0 heterocycles. The number of aliphatic carboxylic acids is 1. The van der Waals surface area contributed by atoms with Gasteiger partial charge in [-0.3, -0.25) is 9.00 Å². The highest BCUT2D eigenvalue weighted by Crippen LogP contribution is 2.25. The maximum absolute atomic E-state index is 11.9. The van der Waals surface area contributed by atoms with E-state index in [1.807, 2.05) is 0 Å². The molecule has 0 bridgehead atoms. The van der Waals surface area contributed by atoms with E-state index >= 15 is 0 Å². The van der Waals surface area contributed by atoms with Crippen LogP contribution in [-0.4, -0.2) is 20.0 Å². The maximum Gasteiger partial charge on any atom is 0.321 e. The van der Waals surface area contributed by atoms with Crippen LogP contribution in [0.1, 0.15) is 19.4 Å². The van der Waals surface area contributed by atoms with Gasteiger partial charge in [0.15, 0.2) is 0 Å². The summed E-state index contributed by atoms with van der Waals surface area (Å²) in [5.41, 5.74) is 0.701. The highest BCUT2D eigenvalue weighted by Gasteiger charge is 2.34. The Labute approximate surface area is 112 Å². The van der Waals surface area contributed by atoms with E-state index in [-0.39, 0.29) is 5.75 Å². The summed E-state index contributed by atoms with van der Waals surface area (Å²) in [5.74, 6) is -0.952. The average Bonchev–Trinajstić information content (AvgIpc) is 2.23. The molecule has 0 spiro atoms. The van der Waals surface area contributed by atoms with Crippen LogP contribution in [0.5, 0.6) is 0 Å². The lowest BCUT2D eigenvalue weighted by atomic mass is 10.2. The molecule has 1 atom stereocenters. The van der Waals surface area contributed by atoms with Gasteiger partial charge in [0.05, 0.1) is 10.0 Å². The first-order chi connectivity index (χ1) is 7.75. The maximum atomic E-state index is 11.9. The Bertz CT molecular complexity index is 472. The molecule has 0 aliphatic carbocycles. The Balaban J connectivity index is 2.89. The summed E-state index contributed by atoms with van der Waals surface area (Å²) in [6.45, 7) is 2.87. The minimum Gasteiger partial charge on any atom is -0.480 e. The Morgan fingerprint density at radius 1 is 1.35 bits per heavy atom. The predicted molar refractivity (Wildman–Crippen MR) is 70.0 cm³/mol. The zero-order chi connectivity index (χ0) is 13.2. The standard InChI is InChI=1S/C11H12Cl2O3S/c1-11(2,10(14)15)17(16)6-7-3-4-8(12)9(13)5-7/h3-5H,6H2,1-2H3,(H,14,15). The lowest BCUT2D eigenvalue weighted by Gasteiger charge is -2.18. The van der Waals surface area contributed by atoms with Crippen molar-refractivity contribution in [3.8, 4) is 0 Å². The van der Waals surface area contributed by atoms with Crippen molar-refractivity contribution < 1.29 is 14.1 Å². The van der Waals surface area contributed by atoms with Gasteiger partial charge < -0.3 is 5.11 Å². The first-order valence-electron chi connectivity index (χ1n) is 4.81. The topological polar surface area (TPSA) is 54.4 Å². The number of benzene rings is 1. The van der Waals surface area contributed by atoms with Crippen LogP contribution >= 0.6 is 23.2 Å². The third-order valence-corrected chi connectivity index (χ3v) is 5.01. The molecule has 6 heteroatoms. The molecule has 0 saturated heterocycles. The molecular formula is C11H12Cl2O3S. The normalized spacial score (nSPS) is 13.4. The van der Waals surface area contributed by atoms with Gasteiger partial charge in [-0.25, -0.2) is 0 Å². The van der Waals surface area contributed by atoms with Gasteiger partial charge in [-0.1, -0.05) is 29.3 Å². The van der Waals surface area contributed by atoms with E-state index in [0.717, 1.165) is 0 Å². The van der Waals surface area contributed by atoms with Crippen LogP contribution in [0, 0.1) is 0 Å². The minimum atomic E-state index is -1.53. The van der Waals surface area contributed by atoms with Crippen molar-refractivity contribution in [1.29, 1.82) is 0 Å². The van der Waals surface area contributed by atoms with Gasteiger partial charge >= 0.3 is 5.97 Å². The lowest BCUT2D eigenvalue weighted by molar-refractivity contribution is -0.139. The van der Waals surface area contributed by atoms with E-state index in [2.05, 4.69) is 0 Å². The van der Waals surface area contributed by atoms with Crippen LogP contribution in [0.3, 0.4) is 0 Å². The quantitative estimate of drug-likeness (QED) is 0.928. The van der Waals surface area contributed by atoms with Crippen molar-refractivity contribution in [3.05, 3.63) is 33.8 Å². The first-order valence-corrected chi connectivity index (χ1v) is 6.88. The fourth-order valence-corrected chi connectivity index (χ4v) is 2.42. The van der Waals surface area contributed by atoms with Crippen LogP contribution in [-0.2, 0) is 21.3 Å². The summed E-state index contributed by atoms with van der Waals surface area (Å²) in [6, 6.07) is 4.88. The Hall–Kier alpha value is -0.580. The highest BCUT2D eigenvalue weighted by molar-refractivity contribution is 7.86. The smallest absolute Gasteiger partial charge is 0.321 e. The molecule has 0 amide bonds. The molecule has 0 radical (unpaired) electrons. The SMILES string of the molecule is CC(C)(C(=O)O)S(=O)Cc1ccc(Cl)c(Cl)c1. The molecule has 94 valence electrons. The van der Waals surface area contributed by atoms with Crippen molar-refractivity contribution >= 4 is 40.0 Å². The van der Waals surface area contributed by atoms with Gasteiger partial charge in [-0.15, -0.1) is 0 Å². The number of hydrogen-bond acceptors (Lipinski definition) is 2. The summed E-state index contributed by atoms with van der Waals surface area (Å²) in [5, 5.41) is 9.73. The van der Waals surface area contributed by atoms with E-state index in [0.29, 0.717) is 15.6 Å². The van der Waals surface area contributed by atoms with Crippen LogP contribution in [0.2, 0.25) is 10.0 Å². The predicted octanol–water partition coefficient (Wildman–Crippen LogP) is 3.11. The summed E-state index contributed by atoms with van der Waals surface area (Å²) in [4.78, 5) is 10.9. The molecule has 3 nitrogen and oxygen atoms in total. The minimum absolute atomic E-state index is 0.135. The number of carboxylic acid groups (broad SMARTS) is 1. The number of hydrogen-bond donors (Lipinski definition) is 1. The zero-order valence-corrected chi connectivity index (χ0v) is 11.7. The molecule has 0 aliphatic heterocycles. The molecule has 0 aromatic heterocycles. The monoisotopic (exact) mass is 294 g/mol. The van der Waals surface area contributed by atoms with Gasteiger partial charge in [-0.2, -0.15) is 0 Å². The number of carboxylic acids is 1. The molecule has 1 rings (SSSR count). The van der Waals surface area contributed by atoms with Crippen molar-refractivity contribution in [1.82, 2.24) is 0 Å². The van der Waals surface area contributed by atoms with E-state index in [9.17, 15) is 9.00 Å². The van der Waals surface area contributed by atoms with Crippen molar-refractivity contribution in [2.45, 2.75) is 24.3 Å². The number of halogens is 2. The number of carbonyl (C=O) groups is 1. The van der Waals surface area contributed by atoms with Gasteiger partial charge in [0.1, 0.15) is 4.75 Å². The van der Waals surface area contributed by atoms with Crippen molar-refractivity contribution in [2.75, 3.05) is 0 Å². The van der Waals surface area contributed by atoms with Crippen molar-refractivity contribution in [2.24, 2.45) is 0 Å². The molecule has 0 fully saturated rings. The number of rotatable bonds is 4. The third-order valence-electron chi connectivity index (χ3n) is 2.37. The van der Waals surface area contributed by atoms with Gasteiger partial charge in [0, 0.05) is 16.6 Å². The fourth-order valence-electron chi connectivity index (χ4n) is 1.06. The average molecular weight is 295 g/mol. The van der Waals surface area contributed by atoms with Gasteiger partial charge in [-0.05, 0) is 31.5 Å². The molecule has 17 heavy (non-hydrogen) atoms. The van der Waals surface area contributed by atoms with E-state index in [1.54, 1.807) is 18.2 Å². The van der Waals surface area contributed by atoms with E-state index in [1.165, 1.54) is 13.8 Å². The van der Waals surface area contributed by atoms with Crippen LogP contribution < -0.4 is 0 Å². The van der Waals surface area contributed by atoms with Crippen LogP contribution in [0.25, 0.3) is 0 Å². The Morgan fingerprint density at radius 2 is 1.94 bits per heavy atom. The second-order valence-electron chi connectivity index (χ2n) is 4.05. The summed E-state index contributed by atoms with van der Waals surface area (Å²) in [7, 11) is -1.53. The molecule has 1 aromatic carbocycles. The zero-order valence-electron chi connectivity index (χ0n) is 9.37. The molecular weight excluding hydrogens is 283 g/mol. The summed E-state index contributed by atoms with van der Waals surface area (Å²) in [6.07, 6.45) is 0. The summed E-state index contributed by atoms with van der Waals surface area (Å²) < 4.78 is 10.6. The Morgan fingerprint density at radius 3 is 2.41 bits per heavy atom. The summed E-state index contributed by atoms with van der Waals surface area (Å²) >= 11 is 11.6. The second kappa shape index (κ2) is 5.38. The lowest BCUT2D eigenvalue weighted by Crippen LogP contribution is -2.37. The highest BCUT2D eigenvalue weighted by atomic mass is 35.5. The van der Waals surface area contributed by atoms with Crippen molar-refractivity contribution in [3.63, 3.8) is 0 Å². The first kappa shape index (κ1) is 14.5. The van der Waals surface area contributed by atoms with E-state index < -0.39 is 21.5 Å².